The lowest BCUT2D eigenvalue weighted by molar-refractivity contribution is 1.27. The zero-order chi connectivity index (χ0) is 14.1. The van der Waals surface area contributed by atoms with Crippen molar-refractivity contribution >= 4 is 34.5 Å². The van der Waals surface area contributed by atoms with Crippen molar-refractivity contribution in [2.75, 3.05) is 0 Å². The SMILES string of the molecule is Cc1ccncc1-c1csc(-c2cccc(Cl)c2Cl)n1. The third kappa shape index (κ3) is 2.44. The van der Waals surface area contributed by atoms with E-state index >= 15 is 0 Å². The van der Waals surface area contributed by atoms with Gasteiger partial charge in [-0.05, 0) is 24.6 Å². The Morgan fingerprint density at radius 2 is 1.95 bits per heavy atom. The molecule has 0 bridgehead atoms. The predicted octanol–water partition coefficient (Wildman–Crippen LogP) is 5.49. The lowest BCUT2D eigenvalue weighted by atomic mass is 10.1. The minimum absolute atomic E-state index is 0.540. The van der Waals surface area contributed by atoms with E-state index in [1.807, 2.05) is 36.7 Å². The van der Waals surface area contributed by atoms with Crippen LogP contribution in [0.5, 0.6) is 0 Å². The van der Waals surface area contributed by atoms with Crippen LogP contribution in [-0.2, 0) is 0 Å². The van der Waals surface area contributed by atoms with Crippen LogP contribution in [0.1, 0.15) is 5.56 Å². The quantitative estimate of drug-likeness (QED) is 0.624. The van der Waals surface area contributed by atoms with E-state index in [9.17, 15) is 0 Å². The Kier molecular flexibility index (Phi) is 3.74. The van der Waals surface area contributed by atoms with Crippen LogP contribution >= 0.6 is 34.5 Å². The van der Waals surface area contributed by atoms with E-state index < -0.39 is 0 Å². The highest BCUT2D eigenvalue weighted by atomic mass is 35.5. The molecule has 0 saturated heterocycles. The van der Waals surface area contributed by atoms with E-state index in [1.165, 1.54) is 0 Å². The number of aromatic nitrogens is 2. The van der Waals surface area contributed by atoms with Crippen molar-refractivity contribution in [3.05, 3.63) is 57.6 Å². The fourth-order valence-corrected chi connectivity index (χ4v) is 3.22. The van der Waals surface area contributed by atoms with Gasteiger partial charge in [0.2, 0.25) is 0 Å². The van der Waals surface area contributed by atoms with Crippen molar-refractivity contribution in [3.63, 3.8) is 0 Å². The summed E-state index contributed by atoms with van der Waals surface area (Å²) in [5, 5.41) is 3.95. The standard InChI is InChI=1S/C15H10Cl2N2S/c1-9-5-6-18-7-11(9)13-8-20-15(19-13)10-3-2-4-12(16)14(10)17/h2-8H,1H3. The molecule has 0 fully saturated rings. The van der Waals surface area contributed by atoms with Gasteiger partial charge < -0.3 is 0 Å². The molecule has 0 amide bonds. The van der Waals surface area contributed by atoms with Crippen molar-refractivity contribution in [1.29, 1.82) is 0 Å². The fourth-order valence-electron chi connectivity index (χ4n) is 1.92. The highest BCUT2D eigenvalue weighted by Gasteiger charge is 2.12. The van der Waals surface area contributed by atoms with Gasteiger partial charge in [-0.2, -0.15) is 0 Å². The summed E-state index contributed by atoms with van der Waals surface area (Å²) < 4.78 is 0. The van der Waals surface area contributed by atoms with Gasteiger partial charge in [0, 0.05) is 28.9 Å². The summed E-state index contributed by atoms with van der Waals surface area (Å²) >= 11 is 13.8. The zero-order valence-electron chi connectivity index (χ0n) is 10.6. The van der Waals surface area contributed by atoms with Crippen LogP contribution in [0.25, 0.3) is 21.8 Å². The van der Waals surface area contributed by atoms with Gasteiger partial charge in [-0.15, -0.1) is 11.3 Å². The van der Waals surface area contributed by atoms with Gasteiger partial charge in [0.15, 0.2) is 0 Å². The summed E-state index contributed by atoms with van der Waals surface area (Å²) in [6.07, 6.45) is 3.60. The number of benzene rings is 1. The maximum Gasteiger partial charge on any atom is 0.125 e. The van der Waals surface area contributed by atoms with Gasteiger partial charge in [-0.1, -0.05) is 35.3 Å². The number of hydrogen-bond donors (Lipinski definition) is 0. The topological polar surface area (TPSA) is 25.8 Å². The van der Waals surface area contributed by atoms with E-state index in [2.05, 4.69) is 9.97 Å². The van der Waals surface area contributed by atoms with Crippen molar-refractivity contribution < 1.29 is 0 Å². The number of aryl methyl sites for hydroxylation is 1. The second-order valence-corrected chi connectivity index (χ2v) is 5.97. The molecule has 3 aromatic rings. The molecule has 0 atom stereocenters. The number of hydrogen-bond acceptors (Lipinski definition) is 3. The Morgan fingerprint density at radius 1 is 1.10 bits per heavy atom. The van der Waals surface area contributed by atoms with Crippen LogP contribution in [0, 0.1) is 6.92 Å². The smallest absolute Gasteiger partial charge is 0.125 e. The van der Waals surface area contributed by atoms with E-state index in [0.29, 0.717) is 10.0 Å². The van der Waals surface area contributed by atoms with Gasteiger partial charge in [0.1, 0.15) is 5.01 Å². The molecule has 0 radical (unpaired) electrons. The summed E-state index contributed by atoms with van der Waals surface area (Å²) in [5.74, 6) is 0. The Balaban J connectivity index is 2.07. The predicted molar refractivity (Wildman–Crippen MR) is 85.5 cm³/mol. The molecule has 0 spiro atoms. The number of thiazole rings is 1. The van der Waals surface area contributed by atoms with E-state index in [0.717, 1.165) is 27.4 Å². The third-order valence-corrected chi connectivity index (χ3v) is 4.70. The van der Waals surface area contributed by atoms with E-state index in [-0.39, 0.29) is 0 Å². The summed E-state index contributed by atoms with van der Waals surface area (Å²) in [7, 11) is 0. The van der Waals surface area contributed by atoms with Crippen LogP contribution in [-0.4, -0.2) is 9.97 Å². The molecule has 0 N–H and O–H groups in total. The Bertz CT molecular complexity index is 768. The average molecular weight is 321 g/mol. The summed E-state index contributed by atoms with van der Waals surface area (Å²) in [5.41, 5.74) is 3.95. The molecule has 0 unspecified atom stereocenters. The first-order valence-corrected chi connectivity index (χ1v) is 7.61. The Hall–Kier alpha value is -1.42. The van der Waals surface area contributed by atoms with Crippen LogP contribution in [0.4, 0.5) is 0 Å². The highest BCUT2D eigenvalue weighted by Crippen LogP contribution is 2.36. The van der Waals surface area contributed by atoms with Gasteiger partial charge in [0.25, 0.3) is 0 Å². The Morgan fingerprint density at radius 3 is 2.75 bits per heavy atom. The minimum atomic E-state index is 0.540. The van der Waals surface area contributed by atoms with Crippen molar-refractivity contribution in [1.82, 2.24) is 9.97 Å². The molecule has 2 aromatic heterocycles. The average Bonchev–Trinajstić information content (AvgIpc) is 2.92. The first kappa shape index (κ1) is 13.6. The first-order chi connectivity index (χ1) is 9.66. The largest absolute Gasteiger partial charge is 0.264 e. The molecule has 3 rings (SSSR count). The lowest BCUT2D eigenvalue weighted by Crippen LogP contribution is -1.85. The summed E-state index contributed by atoms with van der Waals surface area (Å²) in [6.45, 7) is 2.04. The van der Waals surface area contributed by atoms with Gasteiger partial charge in [0.05, 0.1) is 15.7 Å². The molecule has 2 heterocycles. The highest BCUT2D eigenvalue weighted by molar-refractivity contribution is 7.13. The molecule has 5 heteroatoms. The fraction of sp³-hybridized carbons (Fsp3) is 0.0667. The minimum Gasteiger partial charge on any atom is -0.264 e. The molecule has 20 heavy (non-hydrogen) atoms. The van der Waals surface area contributed by atoms with Gasteiger partial charge in [-0.3, -0.25) is 4.98 Å². The number of nitrogens with zero attached hydrogens (tertiary/aromatic N) is 2. The molecular weight excluding hydrogens is 311 g/mol. The molecule has 100 valence electrons. The maximum absolute atomic E-state index is 6.24. The number of halogens is 2. The lowest BCUT2D eigenvalue weighted by Gasteiger charge is -2.02. The summed E-state index contributed by atoms with van der Waals surface area (Å²) in [4.78, 5) is 8.80. The molecule has 0 aliphatic rings. The van der Waals surface area contributed by atoms with E-state index in [1.54, 1.807) is 23.6 Å². The molecule has 0 aliphatic heterocycles. The molecule has 2 nitrogen and oxygen atoms in total. The van der Waals surface area contributed by atoms with Crippen LogP contribution < -0.4 is 0 Å². The number of rotatable bonds is 2. The van der Waals surface area contributed by atoms with Crippen LogP contribution in [0.15, 0.2) is 42.0 Å². The van der Waals surface area contributed by atoms with Crippen LogP contribution in [0.2, 0.25) is 10.0 Å². The van der Waals surface area contributed by atoms with Gasteiger partial charge >= 0.3 is 0 Å². The second-order valence-electron chi connectivity index (χ2n) is 4.33. The molecular formula is C15H10Cl2N2S. The van der Waals surface area contributed by atoms with E-state index in [4.69, 9.17) is 23.2 Å². The molecule has 0 saturated carbocycles. The molecule has 0 aliphatic carbocycles. The monoisotopic (exact) mass is 320 g/mol. The maximum atomic E-state index is 6.24. The first-order valence-electron chi connectivity index (χ1n) is 5.97. The van der Waals surface area contributed by atoms with Crippen LogP contribution in [0.3, 0.4) is 0 Å². The van der Waals surface area contributed by atoms with Crippen molar-refractivity contribution in [2.24, 2.45) is 0 Å². The zero-order valence-corrected chi connectivity index (χ0v) is 12.9. The Labute approximate surface area is 131 Å². The second kappa shape index (κ2) is 5.52. The van der Waals surface area contributed by atoms with Crippen molar-refractivity contribution in [2.45, 2.75) is 6.92 Å². The van der Waals surface area contributed by atoms with Gasteiger partial charge in [-0.25, -0.2) is 4.98 Å². The summed E-state index contributed by atoms with van der Waals surface area (Å²) in [6, 6.07) is 7.54. The van der Waals surface area contributed by atoms with Crippen molar-refractivity contribution in [3.8, 4) is 21.8 Å². The third-order valence-electron chi connectivity index (χ3n) is 3.00. The normalized spacial score (nSPS) is 10.8. The number of pyridine rings is 1. The molecule has 1 aromatic carbocycles.